The van der Waals surface area contributed by atoms with Crippen LogP contribution in [0.3, 0.4) is 0 Å². The summed E-state index contributed by atoms with van der Waals surface area (Å²) >= 11 is 0. The fourth-order valence-corrected chi connectivity index (χ4v) is 2.02. The molecule has 0 radical (unpaired) electrons. The summed E-state index contributed by atoms with van der Waals surface area (Å²) in [5, 5.41) is 0. The van der Waals surface area contributed by atoms with E-state index in [2.05, 4.69) is 83.1 Å². The van der Waals surface area contributed by atoms with Crippen LogP contribution < -0.4 is 0 Å². The molecule has 0 spiro atoms. The zero-order chi connectivity index (χ0) is 17.8. The lowest BCUT2D eigenvalue weighted by molar-refractivity contribution is 0.866. The Balaban J connectivity index is 0.000000185. The summed E-state index contributed by atoms with van der Waals surface area (Å²) < 4.78 is 0. The van der Waals surface area contributed by atoms with Crippen molar-refractivity contribution in [1.82, 2.24) is 0 Å². The van der Waals surface area contributed by atoms with Crippen molar-refractivity contribution in [1.29, 1.82) is 0 Å². The lowest BCUT2D eigenvalue weighted by Gasteiger charge is -2.03. The summed E-state index contributed by atoms with van der Waals surface area (Å²) in [5.74, 6) is 0.653. The molecular weight excluding hydrogens is 288 g/mol. The predicted octanol–water partition coefficient (Wildman–Crippen LogP) is 7.11. The molecule has 0 heterocycles. The first-order valence-corrected chi connectivity index (χ1v) is 8.59. The highest BCUT2D eigenvalue weighted by Crippen LogP contribution is 2.13. The predicted molar refractivity (Wildman–Crippen MR) is 108 cm³/mol. The van der Waals surface area contributed by atoms with Crippen LogP contribution in [-0.4, -0.2) is 0 Å². The maximum absolute atomic E-state index is 2.21. The van der Waals surface area contributed by atoms with Gasteiger partial charge in [0.1, 0.15) is 0 Å². The molecule has 0 aliphatic carbocycles. The molecule has 0 aromatic heterocycles. The van der Waals surface area contributed by atoms with E-state index in [1.165, 1.54) is 22.3 Å². The summed E-state index contributed by atoms with van der Waals surface area (Å²) in [6, 6.07) is 29.2. The SMILES string of the molecule is Cc1ccc(C(C)C)cc1.Cc1ccccc1.Cc1ccccc1. The van der Waals surface area contributed by atoms with E-state index in [-0.39, 0.29) is 0 Å². The third kappa shape index (κ3) is 8.95. The van der Waals surface area contributed by atoms with Crippen molar-refractivity contribution >= 4 is 0 Å². The van der Waals surface area contributed by atoms with Gasteiger partial charge in [-0.2, -0.15) is 0 Å². The quantitative estimate of drug-likeness (QED) is 0.448. The van der Waals surface area contributed by atoms with Crippen LogP contribution in [0.1, 0.15) is 42.0 Å². The van der Waals surface area contributed by atoms with Gasteiger partial charge in [-0.15, -0.1) is 0 Å². The molecule has 0 saturated heterocycles. The van der Waals surface area contributed by atoms with Gasteiger partial charge in [0.2, 0.25) is 0 Å². The lowest BCUT2D eigenvalue weighted by Crippen LogP contribution is -1.85. The first-order valence-electron chi connectivity index (χ1n) is 8.59. The molecule has 126 valence electrons. The molecule has 3 rings (SSSR count). The fraction of sp³-hybridized carbons (Fsp3) is 0.250. The molecule has 0 saturated carbocycles. The lowest BCUT2D eigenvalue weighted by atomic mass is 10.0. The maximum atomic E-state index is 2.21. The first-order chi connectivity index (χ1) is 11.5. The van der Waals surface area contributed by atoms with Crippen LogP contribution in [0.25, 0.3) is 0 Å². The summed E-state index contributed by atoms with van der Waals surface area (Å²) in [7, 11) is 0. The molecular formula is C24H30. The van der Waals surface area contributed by atoms with Crippen LogP contribution in [0.5, 0.6) is 0 Å². The van der Waals surface area contributed by atoms with Crippen molar-refractivity contribution in [2.24, 2.45) is 0 Å². The molecule has 0 amide bonds. The molecule has 0 atom stereocenters. The minimum absolute atomic E-state index is 0.653. The van der Waals surface area contributed by atoms with Crippen LogP contribution in [0.2, 0.25) is 0 Å². The number of hydrogen-bond donors (Lipinski definition) is 0. The molecule has 0 unspecified atom stereocenters. The summed E-state index contributed by atoms with van der Waals surface area (Å²) in [4.78, 5) is 0. The zero-order valence-corrected chi connectivity index (χ0v) is 15.7. The van der Waals surface area contributed by atoms with Gasteiger partial charge < -0.3 is 0 Å². The van der Waals surface area contributed by atoms with Crippen LogP contribution >= 0.6 is 0 Å². The zero-order valence-electron chi connectivity index (χ0n) is 15.7. The molecule has 3 aromatic rings. The molecule has 24 heavy (non-hydrogen) atoms. The van der Waals surface area contributed by atoms with Crippen molar-refractivity contribution in [2.75, 3.05) is 0 Å². The van der Waals surface area contributed by atoms with Crippen molar-refractivity contribution in [3.05, 3.63) is 107 Å². The van der Waals surface area contributed by atoms with Gasteiger partial charge in [0.05, 0.1) is 0 Å². The molecule has 3 aromatic carbocycles. The highest BCUT2D eigenvalue weighted by molar-refractivity contribution is 5.23. The van der Waals surface area contributed by atoms with Gasteiger partial charge in [0, 0.05) is 0 Å². The van der Waals surface area contributed by atoms with Gasteiger partial charge in [0.25, 0.3) is 0 Å². The molecule has 0 aliphatic heterocycles. The molecule has 0 nitrogen and oxygen atoms in total. The standard InChI is InChI=1S/C10H14.2C7H8/c1-8(2)10-6-4-9(3)5-7-10;2*1-7-5-3-2-4-6-7/h4-8H,1-3H3;2*2-6H,1H3. The van der Waals surface area contributed by atoms with Crippen molar-refractivity contribution in [3.63, 3.8) is 0 Å². The Morgan fingerprint density at radius 1 is 0.458 bits per heavy atom. The Morgan fingerprint density at radius 3 is 1.04 bits per heavy atom. The van der Waals surface area contributed by atoms with Crippen molar-refractivity contribution in [2.45, 2.75) is 40.5 Å². The summed E-state index contributed by atoms with van der Waals surface area (Å²) in [5.41, 5.74) is 5.40. The van der Waals surface area contributed by atoms with E-state index in [4.69, 9.17) is 0 Å². The third-order valence-electron chi connectivity index (χ3n) is 3.62. The van der Waals surface area contributed by atoms with E-state index in [1.54, 1.807) is 0 Å². The second-order valence-electron chi connectivity index (χ2n) is 6.37. The number of aryl methyl sites for hydroxylation is 3. The Bertz CT molecular complexity index is 612. The smallest absolute Gasteiger partial charge is 0.0219 e. The monoisotopic (exact) mass is 318 g/mol. The molecule has 0 aliphatic rings. The average Bonchev–Trinajstić information content (AvgIpc) is 2.58. The Labute approximate surface area is 148 Å². The van der Waals surface area contributed by atoms with E-state index in [0.717, 1.165) is 0 Å². The number of hydrogen-bond acceptors (Lipinski definition) is 0. The third-order valence-corrected chi connectivity index (χ3v) is 3.62. The molecule has 0 fully saturated rings. The largest absolute Gasteiger partial charge is 0.0622 e. The first kappa shape index (κ1) is 19.7. The minimum Gasteiger partial charge on any atom is -0.0622 e. The van der Waals surface area contributed by atoms with Gasteiger partial charge in [-0.3, -0.25) is 0 Å². The van der Waals surface area contributed by atoms with E-state index in [9.17, 15) is 0 Å². The Hall–Kier alpha value is -2.34. The number of rotatable bonds is 1. The molecule has 0 heteroatoms. The highest BCUT2D eigenvalue weighted by Gasteiger charge is 1.95. The van der Waals surface area contributed by atoms with Crippen LogP contribution in [0.15, 0.2) is 84.9 Å². The minimum atomic E-state index is 0.653. The highest BCUT2D eigenvalue weighted by atomic mass is 14.0. The van der Waals surface area contributed by atoms with Gasteiger partial charge in [0.15, 0.2) is 0 Å². The molecule has 0 bridgehead atoms. The molecule has 0 N–H and O–H groups in total. The average molecular weight is 319 g/mol. The summed E-state index contributed by atoms with van der Waals surface area (Å²) in [6.07, 6.45) is 0. The van der Waals surface area contributed by atoms with Gasteiger partial charge >= 0.3 is 0 Å². The van der Waals surface area contributed by atoms with Gasteiger partial charge in [-0.05, 0) is 32.3 Å². The van der Waals surface area contributed by atoms with Gasteiger partial charge in [-0.25, -0.2) is 0 Å². The Kier molecular flexibility index (Phi) is 9.23. The van der Waals surface area contributed by atoms with E-state index in [0.29, 0.717) is 5.92 Å². The fourth-order valence-electron chi connectivity index (χ4n) is 2.02. The number of benzene rings is 3. The van der Waals surface area contributed by atoms with Crippen LogP contribution in [-0.2, 0) is 0 Å². The topological polar surface area (TPSA) is 0 Å². The van der Waals surface area contributed by atoms with Crippen LogP contribution in [0.4, 0.5) is 0 Å². The maximum Gasteiger partial charge on any atom is -0.0219 e. The second-order valence-corrected chi connectivity index (χ2v) is 6.37. The second kappa shape index (κ2) is 11.2. The van der Waals surface area contributed by atoms with E-state index < -0.39 is 0 Å². The van der Waals surface area contributed by atoms with Crippen molar-refractivity contribution in [3.8, 4) is 0 Å². The van der Waals surface area contributed by atoms with Crippen LogP contribution in [0, 0.1) is 20.8 Å². The summed E-state index contributed by atoms with van der Waals surface area (Å²) in [6.45, 7) is 10.7. The Morgan fingerprint density at radius 2 is 0.792 bits per heavy atom. The van der Waals surface area contributed by atoms with Gasteiger partial charge in [-0.1, -0.05) is 115 Å². The van der Waals surface area contributed by atoms with E-state index in [1.807, 2.05) is 36.4 Å². The van der Waals surface area contributed by atoms with E-state index >= 15 is 0 Å². The van der Waals surface area contributed by atoms with Crippen molar-refractivity contribution < 1.29 is 0 Å². The normalized spacial score (nSPS) is 9.42.